The van der Waals surface area contributed by atoms with E-state index in [2.05, 4.69) is 15.5 Å². The highest BCUT2D eigenvalue weighted by molar-refractivity contribution is 5.78. The molecule has 1 saturated heterocycles. The van der Waals surface area contributed by atoms with Crippen LogP contribution in [-0.4, -0.2) is 49.1 Å². The summed E-state index contributed by atoms with van der Waals surface area (Å²) < 4.78 is 0. The molecule has 1 aliphatic heterocycles. The topological polar surface area (TPSA) is 44.4 Å². The van der Waals surface area contributed by atoms with E-state index in [0.717, 1.165) is 19.0 Å². The second-order valence-electron chi connectivity index (χ2n) is 6.24. The molecule has 2 aliphatic carbocycles. The van der Waals surface area contributed by atoms with Gasteiger partial charge in [-0.3, -0.25) is 9.69 Å². The predicted octanol–water partition coefficient (Wildman–Crippen LogP) is 0.729. The molecule has 3 rings (SSSR count). The molecule has 2 saturated carbocycles. The highest BCUT2D eigenvalue weighted by Crippen LogP contribution is 2.28. The van der Waals surface area contributed by atoms with Crippen molar-refractivity contribution < 1.29 is 4.79 Å². The normalized spacial score (nSPS) is 26.2. The Labute approximate surface area is 109 Å². The molecule has 0 spiro atoms. The maximum absolute atomic E-state index is 11.7. The van der Waals surface area contributed by atoms with Gasteiger partial charge in [0.25, 0.3) is 0 Å². The first kappa shape index (κ1) is 12.4. The quantitative estimate of drug-likeness (QED) is 0.731. The van der Waals surface area contributed by atoms with Gasteiger partial charge in [-0.25, -0.2) is 0 Å². The molecule has 18 heavy (non-hydrogen) atoms. The van der Waals surface area contributed by atoms with Crippen molar-refractivity contribution in [2.45, 2.75) is 50.6 Å². The van der Waals surface area contributed by atoms with E-state index in [1.807, 2.05) is 0 Å². The van der Waals surface area contributed by atoms with Crippen LogP contribution in [0.5, 0.6) is 0 Å². The van der Waals surface area contributed by atoms with Gasteiger partial charge < -0.3 is 10.6 Å². The summed E-state index contributed by atoms with van der Waals surface area (Å²) in [4.78, 5) is 14.0. The van der Waals surface area contributed by atoms with Crippen molar-refractivity contribution in [3.63, 3.8) is 0 Å². The lowest BCUT2D eigenvalue weighted by molar-refractivity contribution is -0.122. The van der Waals surface area contributed by atoms with Crippen molar-refractivity contribution in [2.75, 3.05) is 26.2 Å². The second kappa shape index (κ2) is 5.57. The molecule has 0 atom stereocenters. The van der Waals surface area contributed by atoms with Crippen LogP contribution >= 0.6 is 0 Å². The summed E-state index contributed by atoms with van der Waals surface area (Å²) in [5.74, 6) is 1.19. The highest BCUT2D eigenvalue weighted by atomic mass is 16.2. The summed E-state index contributed by atoms with van der Waals surface area (Å²) in [7, 11) is 0. The Hall–Kier alpha value is -0.610. The average molecular weight is 251 g/mol. The SMILES string of the molecule is O=C(CN1CCC(NCC2CC2)CC1)NC1CC1. The van der Waals surface area contributed by atoms with Gasteiger partial charge in [-0.1, -0.05) is 0 Å². The molecular formula is C14H25N3O. The van der Waals surface area contributed by atoms with Crippen LogP contribution in [0.1, 0.15) is 38.5 Å². The molecule has 4 heteroatoms. The Morgan fingerprint density at radius 1 is 1.00 bits per heavy atom. The Balaban J connectivity index is 1.30. The molecule has 1 heterocycles. The maximum atomic E-state index is 11.7. The van der Waals surface area contributed by atoms with Gasteiger partial charge in [0.05, 0.1) is 6.54 Å². The van der Waals surface area contributed by atoms with E-state index in [4.69, 9.17) is 0 Å². The van der Waals surface area contributed by atoms with Gasteiger partial charge in [0.15, 0.2) is 0 Å². The fourth-order valence-electron chi connectivity index (χ4n) is 2.65. The van der Waals surface area contributed by atoms with E-state index in [0.29, 0.717) is 18.6 Å². The van der Waals surface area contributed by atoms with E-state index in [1.165, 1.54) is 45.1 Å². The Kier molecular flexibility index (Phi) is 3.85. The molecule has 3 fully saturated rings. The predicted molar refractivity (Wildman–Crippen MR) is 71.4 cm³/mol. The molecule has 0 aromatic carbocycles. The summed E-state index contributed by atoms with van der Waals surface area (Å²) in [5, 5.41) is 6.74. The van der Waals surface area contributed by atoms with Crippen LogP contribution in [0.2, 0.25) is 0 Å². The van der Waals surface area contributed by atoms with Gasteiger partial charge in [0.1, 0.15) is 0 Å². The van der Waals surface area contributed by atoms with Crippen LogP contribution in [0.25, 0.3) is 0 Å². The zero-order valence-electron chi connectivity index (χ0n) is 11.2. The summed E-state index contributed by atoms with van der Waals surface area (Å²) in [6, 6.07) is 1.18. The van der Waals surface area contributed by atoms with Gasteiger partial charge >= 0.3 is 0 Å². The number of nitrogens with zero attached hydrogens (tertiary/aromatic N) is 1. The van der Waals surface area contributed by atoms with Crippen LogP contribution in [-0.2, 0) is 4.79 Å². The molecule has 0 bridgehead atoms. The minimum atomic E-state index is 0.224. The zero-order chi connectivity index (χ0) is 12.4. The monoisotopic (exact) mass is 251 g/mol. The van der Waals surface area contributed by atoms with Crippen LogP contribution < -0.4 is 10.6 Å². The number of rotatable bonds is 6. The van der Waals surface area contributed by atoms with Gasteiger partial charge in [0, 0.05) is 25.2 Å². The zero-order valence-corrected chi connectivity index (χ0v) is 11.2. The summed E-state index contributed by atoms with van der Waals surface area (Å²) in [6.07, 6.45) is 7.60. The number of carbonyl (C=O) groups excluding carboxylic acids is 1. The molecule has 0 radical (unpaired) electrons. The maximum Gasteiger partial charge on any atom is 0.234 e. The molecule has 0 aromatic rings. The molecule has 2 N–H and O–H groups in total. The van der Waals surface area contributed by atoms with Crippen molar-refractivity contribution in [2.24, 2.45) is 5.92 Å². The number of nitrogens with one attached hydrogen (secondary N) is 2. The van der Waals surface area contributed by atoms with Crippen molar-refractivity contribution in [1.29, 1.82) is 0 Å². The van der Waals surface area contributed by atoms with Crippen molar-refractivity contribution in [3.8, 4) is 0 Å². The van der Waals surface area contributed by atoms with Gasteiger partial charge in [-0.15, -0.1) is 0 Å². The number of hydrogen-bond donors (Lipinski definition) is 2. The number of carbonyl (C=O) groups is 1. The first-order valence-electron chi connectivity index (χ1n) is 7.55. The van der Waals surface area contributed by atoms with Crippen molar-refractivity contribution >= 4 is 5.91 Å². The molecule has 0 aromatic heterocycles. The second-order valence-corrected chi connectivity index (χ2v) is 6.24. The molecule has 0 unspecified atom stereocenters. The van der Waals surface area contributed by atoms with Crippen LogP contribution in [0.3, 0.4) is 0 Å². The van der Waals surface area contributed by atoms with Crippen LogP contribution in [0.15, 0.2) is 0 Å². The number of hydrogen-bond acceptors (Lipinski definition) is 3. The minimum Gasteiger partial charge on any atom is -0.352 e. The highest BCUT2D eigenvalue weighted by Gasteiger charge is 2.26. The number of amides is 1. The average Bonchev–Trinajstić information content (AvgIpc) is 3.23. The van der Waals surface area contributed by atoms with Gasteiger partial charge in [0.2, 0.25) is 5.91 Å². The largest absolute Gasteiger partial charge is 0.352 e. The fourth-order valence-corrected chi connectivity index (χ4v) is 2.65. The standard InChI is InChI=1S/C14H25N3O/c18-14(16-13-3-4-13)10-17-7-5-12(6-8-17)15-9-11-1-2-11/h11-13,15H,1-10H2,(H,16,18). The fraction of sp³-hybridized carbons (Fsp3) is 0.929. The Bertz CT molecular complexity index is 291. The molecule has 1 amide bonds. The van der Waals surface area contributed by atoms with Gasteiger partial charge in [-0.05, 0) is 51.0 Å². The van der Waals surface area contributed by atoms with E-state index in [1.54, 1.807) is 0 Å². The van der Waals surface area contributed by atoms with E-state index in [-0.39, 0.29) is 5.91 Å². The lowest BCUT2D eigenvalue weighted by atomic mass is 10.0. The third-order valence-corrected chi connectivity index (χ3v) is 4.29. The summed E-state index contributed by atoms with van der Waals surface area (Å²) in [5.41, 5.74) is 0. The first-order chi connectivity index (χ1) is 8.79. The minimum absolute atomic E-state index is 0.224. The van der Waals surface area contributed by atoms with E-state index < -0.39 is 0 Å². The van der Waals surface area contributed by atoms with Gasteiger partial charge in [-0.2, -0.15) is 0 Å². The summed E-state index contributed by atoms with van der Waals surface area (Å²) >= 11 is 0. The number of piperidine rings is 1. The van der Waals surface area contributed by atoms with E-state index >= 15 is 0 Å². The summed E-state index contributed by atoms with van der Waals surface area (Å²) in [6.45, 7) is 3.96. The lowest BCUT2D eigenvalue weighted by Crippen LogP contribution is -2.46. The van der Waals surface area contributed by atoms with Crippen molar-refractivity contribution in [1.82, 2.24) is 15.5 Å². The lowest BCUT2D eigenvalue weighted by Gasteiger charge is -2.32. The third kappa shape index (κ3) is 3.95. The number of likely N-dealkylation sites (tertiary alicyclic amines) is 1. The molecule has 4 nitrogen and oxygen atoms in total. The molecule has 102 valence electrons. The van der Waals surface area contributed by atoms with Crippen LogP contribution in [0, 0.1) is 5.92 Å². The smallest absolute Gasteiger partial charge is 0.234 e. The third-order valence-electron chi connectivity index (χ3n) is 4.29. The molecule has 3 aliphatic rings. The van der Waals surface area contributed by atoms with E-state index in [9.17, 15) is 4.79 Å². The Morgan fingerprint density at radius 2 is 1.72 bits per heavy atom. The van der Waals surface area contributed by atoms with Crippen molar-refractivity contribution in [3.05, 3.63) is 0 Å². The van der Waals surface area contributed by atoms with Crippen LogP contribution in [0.4, 0.5) is 0 Å². The molecular weight excluding hydrogens is 226 g/mol. The first-order valence-corrected chi connectivity index (χ1v) is 7.55. The Morgan fingerprint density at radius 3 is 2.33 bits per heavy atom.